The predicted octanol–water partition coefficient (Wildman–Crippen LogP) is 6.91. The summed E-state index contributed by atoms with van der Waals surface area (Å²) in [6.07, 6.45) is 11.6. The topological polar surface area (TPSA) is 66.7 Å². The minimum absolute atomic E-state index is 0.205. The third kappa shape index (κ3) is 4.44. The van der Waals surface area contributed by atoms with Crippen molar-refractivity contribution in [2.24, 2.45) is 28.2 Å². The van der Waals surface area contributed by atoms with Crippen molar-refractivity contribution in [3.8, 4) is 5.75 Å². The summed E-state index contributed by atoms with van der Waals surface area (Å²) in [6, 6.07) is 10.6. The molecule has 0 bridgehead atoms. The number of phenolic OH excluding ortho intramolecular Hbond substituents is 1. The Kier molecular flexibility index (Phi) is 6.78. The fourth-order valence-corrected chi connectivity index (χ4v) is 8.60. The second-order valence-corrected chi connectivity index (χ2v) is 12.7. The normalized spacial score (nSPS) is 29.1. The van der Waals surface area contributed by atoms with Gasteiger partial charge < -0.3 is 5.11 Å². The minimum atomic E-state index is -0.205. The van der Waals surface area contributed by atoms with E-state index in [9.17, 15) is 14.7 Å². The fourth-order valence-electron chi connectivity index (χ4n) is 8.60. The Balaban J connectivity index is 1.13. The number of ketones is 2. The van der Waals surface area contributed by atoms with Gasteiger partial charge in [-0.05, 0) is 108 Å². The van der Waals surface area contributed by atoms with Crippen LogP contribution in [0.15, 0.2) is 35.3 Å². The fraction of sp³-hybridized carbons (Fsp3) is 0.559. The van der Waals surface area contributed by atoms with Crippen LogP contribution in [-0.4, -0.2) is 22.9 Å². The molecule has 2 aromatic rings. The Morgan fingerprint density at radius 1 is 1.16 bits per heavy atom. The van der Waals surface area contributed by atoms with Gasteiger partial charge in [-0.3, -0.25) is 14.6 Å². The van der Waals surface area contributed by atoms with E-state index in [-0.39, 0.29) is 5.41 Å². The summed E-state index contributed by atoms with van der Waals surface area (Å²) in [4.78, 5) is 30.5. The van der Waals surface area contributed by atoms with E-state index in [0.29, 0.717) is 60.3 Å². The Morgan fingerprint density at radius 3 is 2.87 bits per heavy atom. The lowest BCUT2D eigenvalue weighted by molar-refractivity contribution is -0.129. The molecule has 2 fully saturated rings. The van der Waals surface area contributed by atoms with Crippen molar-refractivity contribution < 1.29 is 14.7 Å². The number of nitrogens with zero attached hydrogens (tertiary/aromatic N) is 1. The first-order valence-electron chi connectivity index (χ1n) is 14.9. The van der Waals surface area contributed by atoms with Gasteiger partial charge in [0.2, 0.25) is 0 Å². The zero-order valence-corrected chi connectivity index (χ0v) is 23.0. The third-order valence-electron chi connectivity index (χ3n) is 10.4. The molecule has 4 nitrogen and oxygen atoms in total. The highest BCUT2D eigenvalue weighted by Gasteiger charge is 2.58. The quantitative estimate of drug-likeness (QED) is 0.419. The van der Waals surface area contributed by atoms with Crippen molar-refractivity contribution in [3.05, 3.63) is 63.7 Å². The van der Waals surface area contributed by atoms with Crippen LogP contribution in [0.4, 0.5) is 0 Å². The number of aromatic hydroxyl groups is 1. The van der Waals surface area contributed by atoms with E-state index in [1.54, 1.807) is 0 Å². The predicted molar refractivity (Wildman–Crippen MR) is 151 cm³/mol. The zero-order chi connectivity index (χ0) is 26.4. The van der Waals surface area contributed by atoms with E-state index in [4.69, 9.17) is 0 Å². The Bertz CT molecular complexity index is 1290. The molecule has 4 aliphatic rings. The number of benzene rings is 2. The molecule has 0 radical (unpaired) electrons. The van der Waals surface area contributed by atoms with Gasteiger partial charge in [0.25, 0.3) is 0 Å². The van der Waals surface area contributed by atoms with Crippen LogP contribution < -0.4 is 0 Å². The average molecular weight is 512 g/mol. The molecule has 0 amide bonds. The maximum Gasteiger partial charge on any atom is 0.139 e. The monoisotopic (exact) mass is 511 g/mol. The van der Waals surface area contributed by atoms with Gasteiger partial charge in [-0.15, -0.1) is 0 Å². The molecule has 5 atom stereocenters. The van der Waals surface area contributed by atoms with Crippen molar-refractivity contribution in [3.63, 3.8) is 0 Å². The molecule has 6 rings (SSSR count). The number of rotatable bonds is 8. The maximum absolute atomic E-state index is 13.4. The number of phenols is 1. The van der Waals surface area contributed by atoms with Gasteiger partial charge in [0, 0.05) is 30.9 Å². The first kappa shape index (κ1) is 25.5. The van der Waals surface area contributed by atoms with E-state index in [1.807, 2.05) is 12.3 Å². The van der Waals surface area contributed by atoms with Gasteiger partial charge in [-0.25, -0.2) is 0 Å². The largest absolute Gasteiger partial charge is 0.508 e. The summed E-state index contributed by atoms with van der Waals surface area (Å²) in [6.45, 7) is 5.13. The van der Waals surface area contributed by atoms with E-state index >= 15 is 0 Å². The van der Waals surface area contributed by atoms with Crippen LogP contribution in [-0.2, 0) is 35.4 Å². The average Bonchev–Trinajstić information content (AvgIpc) is 3.46. The number of aryl methyl sites for hydroxylation is 2. The highest BCUT2D eigenvalue weighted by atomic mass is 16.3. The van der Waals surface area contributed by atoms with E-state index in [1.165, 1.54) is 22.3 Å². The van der Waals surface area contributed by atoms with Gasteiger partial charge in [-0.2, -0.15) is 0 Å². The lowest BCUT2D eigenvalue weighted by Crippen LogP contribution is -2.44. The van der Waals surface area contributed by atoms with Gasteiger partial charge in [0.1, 0.15) is 17.3 Å². The van der Waals surface area contributed by atoms with Crippen LogP contribution in [0.5, 0.6) is 5.75 Å². The highest BCUT2D eigenvalue weighted by Crippen LogP contribution is 2.62. The van der Waals surface area contributed by atoms with Gasteiger partial charge in [-0.1, -0.05) is 44.5 Å². The van der Waals surface area contributed by atoms with Crippen LogP contribution in [0, 0.1) is 23.2 Å². The molecular formula is C34H41NO3. The Labute approximate surface area is 227 Å². The first-order chi connectivity index (χ1) is 18.4. The summed E-state index contributed by atoms with van der Waals surface area (Å²) >= 11 is 0. The molecule has 1 aliphatic heterocycles. The minimum Gasteiger partial charge on any atom is -0.508 e. The molecule has 0 aromatic heterocycles. The number of hydrogen-bond acceptors (Lipinski definition) is 4. The number of aliphatic imine (C=N–C) groups is 1. The summed E-state index contributed by atoms with van der Waals surface area (Å²) in [5.74, 6) is 3.04. The van der Waals surface area contributed by atoms with Crippen LogP contribution >= 0.6 is 0 Å². The summed E-state index contributed by atoms with van der Waals surface area (Å²) in [5.41, 5.74) is 7.11. The molecule has 1 N–H and O–H groups in total. The lowest BCUT2D eigenvalue weighted by atomic mass is 9.54. The summed E-state index contributed by atoms with van der Waals surface area (Å²) in [5, 5.41) is 10.6. The van der Waals surface area contributed by atoms with Gasteiger partial charge in [0.15, 0.2) is 0 Å². The van der Waals surface area contributed by atoms with Gasteiger partial charge >= 0.3 is 0 Å². The van der Waals surface area contributed by atoms with Crippen molar-refractivity contribution in [1.29, 1.82) is 0 Å². The molecule has 2 saturated carbocycles. The lowest BCUT2D eigenvalue weighted by Gasteiger charge is -2.50. The summed E-state index contributed by atoms with van der Waals surface area (Å²) in [7, 11) is 0. The summed E-state index contributed by atoms with van der Waals surface area (Å²) < 4.78 is 0. The Hall–Kier alpha value is -2.75. The molecule has 1 heterocycles. The number of carbonyl (C=O) groups is 2. The molecule has 0 unspecified atom stereocenters. The number of carbonyl (C=O) groups excluding carboxylic acids is 2. The third-order valence-corrected chi connectivity index (χ3v) is 10.4. The van der Waals surface area contributed by atoms with Crippen LogP contribution in [0.3, 0.4) is 0 Å². The van der Waals surface area contributed by atoms with Crippen molar-refractivity contribution in [1.82, 2.24) is 0 Å². The number of fused-ring (bicyclic) bond motifs is 6. The van der Waals surface area contributed by atoms with Gasteiger partial charge in [0.05, 0.1) is 6.54 Å². The van der Waals surface area contributed by atoms with Crippen LogP contribution in [0.25, 0.3) is 0 Å². The van der Waals surface area contributed by atoms with E-state index < -0.39 is 0 Å². The van der Waals surface area contributed by atoms with Crippen LogP contribution in [0.2, 0.25) is 0 Å². The molecule has 38 heavy (non-hydrogen) atoms. The van der Waals surface area contributed by atoms with E-state index in [0.717, 1.165) is 69.0 Å². The maximum atomic E-state index is 13.4. The highest BCUT2D eigenvalue weighted by molar-refractivity contribution is 5.88. The number of Topliss-reactive ketones (excluding diaryl/α,β-unsaturated/α-hetero) is 2. The molecule has 4 heteroatoms. The first-order valence-corrected chi connectivity index (χ1v) is 14.9. The van der Waals surface area contributed by atoms with Crippen molar-refractivity contribution in [2.45, 2.75) is 96.9 Å². The molecule has 0 saturated heterocycles. The molecule has 2 aromatic carbocycles. The van der Waals surface area contributed by atoms with Crippen molar-refractivity contribution in [2.75, 3.05) is 0 Å². The standard InChI is InChI=1S/C34H41NO3/c1-3-5-23-16-30-22(17-31(23)37)10-11-29-28(30)12-13-34(2)32(38)18-24(33(29)34)6-4-7-27(36)15-21-8-9-25-19-35-20-26(25)14-21/h8-9,14,16-17,19,24,28-29,33,37H,3-7,10-13,15,18,20H2,1-2H3/t24-,28+,29-,33+,34-/m1/s1. The molecule has 200 valence electrons. The SMILES string of the molecule is CCCc1cc2c(cc1O)CC[C@H]1[C@@H]3[C@H](CCCC(=O)Cc4ccc5c(c4)CN=C5)CC(=O)[C@@]3(C)CC[C@H]21. The zero-order valence-electron chi connectivity index (χ0n) is 23.0. The van der Waals surface area contributed by atoms with Crippen LogP contribution in [0.1, 0.15) is 105 Å². The van der Waals surface area contributed by atoms with E-state index in [2.05, 4.69) is 43.1 Å². The second-order valence-electron chi connectivity index (χ2n) is 12.7. The second kappa shape index (κ2) is 10.1. The van der Waals surface area contributed by atoms with Crippen molar-refractivity contribution >= 4 is 17.8 Å². The Morgan fingerprint density at radius 2 is 2.03 bits per heavy atom. The molecule has 0 spiro atoms. The smallest absolute Gasteiger partial charge is 0.139 e. The molecule has 3 aliphatic carbocycles. The number of hydrogen-bond donors (Lipinski definition) is 1. The molecular weight excluding hydrogens is 470 g/mol.